The Morgan fingerprint density at radius 3 is 1.85 bits per heavy atom. The molecule has 0 aliphatic carbocycles. The van der Waals surface area contributed by atoms with E-state index in [-0.39, 0.29) is 0 Å². The molecule has 0 radical (unpaired) electrons. The number of hydrogen-bond acceptors (Lipinski definition) is 3. The topological polar surface area (TPSA) is 43.3 Å². The van der Waals surface area contributed by atoms with Crippen LogP contribution in [-0.4, -0.2) is 14.4 Å². The predicted molar refractivity (Wildman–Crippen MR) is 189 cm³/mol. The van der Waals surface area contributed by atoms with E-state index in [9.17, 15) is 0 Å². The summed E-state index contributed by atoms with van der Waals surface area (Å²) in [6.07, 6.45) is 0. The first-order chi connectivity index (χ1) is 22.8. The third kappa shape index (κ3) is 3.55. The fourth-order valence-electron chi connectivity index (χ4n) is 7.25. The zero-order chi connectivity index (χ0) is 30.2. The maximum Gasteiger partial charge on any atom is 0.235 e. The number of benzene rings is 7. The van der Waals surface area contributed by atoms with E-state index in [1.807, 2.05) is 18.2 Å². The monoisotopic (exact) mass is 587 g/mol. The van der Waals surface area contributed by atoms with Gasteiger partial charge in [0.05, 0.1) is 22.4 Å². The first-order valence-corrected chi connectivity index (χ1v) is 15.5. The van der Waals surface area contributed by atoms with Crippen molar-refractivity contribution in [2.45, 2.75) is 0 Å². The van der Waals surface area contributed by atoms with Crippen molar-refractivity contribution in [3.63, 3.8) is 0 Å². The number of rotatable bonds is 3. The van der Waals surface area contributed by atoms with E-state index in [1.54, 1.807) is 0 Å². The summed E-state index contributed by atoms with van der Waals surface area (Å²) in [7, 11) is 0. The Morgan fingerprint density at radius 1 is 0.478 bits per heavy atom. The van der Waals surface area contributed by atoms with Gasteiger partial charge >= 0.3 is 0 Å². The molecule has 3 aromatic heterocycles. The quantitative estimate of drug-likeness (QED) is 0.193. The minimum atomic E-state index is 0.682. The number of imidazole rings is 1. The Labute approximate surface area is 263 Å². The summed E-state index contributed by atoms with van der Waals surface area (Å²) < 4.78 is 8.74. The van der Waals surface area contributed by atoms with Gasteiger partial charge in [0, 0.05) is 27.5 Å². The molecule has 10 aromatic rings. The summed E-state index contributed by atoms with van der Waals surface area (Å²) in [5, 5.41) is 6.83. The number of para-hydroxylation sites is 4. The van der Waals surface area contributed by atoms with Gasteiger partial charge in [0.15, 0.2) is 0 Å². The Hall–Kier alpha value is -6.26. The van der Waals surface area contributed by atoms with Crippen molar-refractivity contribution in [3.8, 4) is 33.6 Å². The molecule has 0 atom stereocenters. The van der Waals surface area contributed by atoms with Crippen molar-refractivity contribution in [1.82, 2.24) is 14.4 Å². The van der Waals surface area contributed by atoms with Crippen molar-refractivity contribution < 1.29 is 4.42 Å². The molecule has 214 valence electrons. The third-order valence-corrected chi connectivity index (χ3v) is 9.21. The Balaban J connectivity index is 1.34. The summed E-state index contributed by atoms with van der Waals surface area (Å²) in [5.41, 5.74) is 10.2. The average molecular weight is 588 g/mol. The Morgan fingerprint density at radius 2 is 1.09 bits per heavy atom. The molecule has 0 saturated carbocycles. The normalized spacial score (nSPS) is 11.9. The molecule has 0 bridgehead atoms. The van der Waals surface area contributed by atoms with Gasteiger partial charge in [0.2, 0.25) is 5.78 Å². The molecule has 3 heterocycles. The lowest BCUT2D eigenvalue weighted by Gasteiger charge is -2.18. The van der Waals surface area contributed by atoms with E-state index in [0.29, 0.717) is 5.78 Å². The van der Waals surface area contributed by atoms with Crippen LogP contribution in [0.4, 0.5) is 0 Å². The SMILES string of the molecule is c1ccc(-c2cc(-c3c4ccccc4c(-c4cccc5c4oc4ccccc45)c4ccccc34)nc3nc4ccccc4n23)cc1. The Bertz CT molecular complexity index is 2750. The zero-order valence-electron chi connectivity index (χ0n) is 24.7. The van der Waals surface area contributed by atoms with Crippen LogP contribution in [-0.2, 0) is 0 Å². The highest BCUT2D eigenvalue weighted by Gasteiger charge is 2.22. The van der Waals surface area contributed by atoms with Gasteiger partial charge in [-0.3, -0.25) is 4.40 Å². The fraction of sp³-hybridized carbons (Fsp3) is 0. The zero-order valence-corrected chi connectivity index (χ0v) is 24.7. The number of nitrogens with zero attached hydrogens (tertiary/aromatic N) is 3. The summed E-state index contributed by atoms with van der Waals surface area (Å²) in [4.78, 5) is 10.3. The summed E-state index contributed by atoms with van der Waals surface area (Å²) in [6, 6.07) is 53.1. The van der Waals surface area contributed by atoms with Crippen molar-refractivity contribution in [2.75, 3.05) is 0 Å². The molecule has 0 aliphatic rings. The molecule has 0 unspecified atom stereocenters. The second-order valence-corrected chi connectivity index (χ2v) is 11.8. The summed E-state index contributed by atoms with van der Waals surface area (Å²) in [6.45, 7) is 0. The molecule has 46 heavy (non-hydrogen) atoms. The van der Waals surface area contributed by atoms with Crippen LogP contribution in [0.25, 0.3) is 93.9 Å². The smallest absolute Gasteiger partial charge is 0.235 e. The molecule has 0 fully saturated rings. The van der Waals surface area contributed by atoms with Gasteiger partial charge in [0.1, 0.15) is 11.2 Å². The molecule has 4 nitrogen and oxygen atoms in total. The molecular weight excluding hydrogens is 562 g/mol. The van der Waals surface area contributed by atoms with Crippen LogP contribution in [0.3, 0.4) is 0 Å². The second-order valence-electron chi connectivity index (χ2n) is 11.8. The predicted octanol–water partition coefficient (Wildman–Crippen LogP) is 11.1. The van der Waals surface area contributed by atoms with Crippen molar-refractivity contribution in [2.24, 2.45) is 0 Å². The van der Waals surface area contributed by atoms with Crippen LogP contribution in [0.2, 0.25) is 0 Å². The lowest BCUT2D eigenvalue weighted by molar-refractivity contribution is 0.670. The van der Waals surface area contributed by atoms with Crippen LogP contribution in [0.5, 0.6) is 0 Å². The van der Waals surface area contributed by atoms with Crippen LogP contribution >= 0.6 is 0 Å². The van der Waals surface area contributed by atoms with Gasteiger partial charge < -0.3 is 4.42 Å². The van der Waals surface area contributed by atoms with Gasteiger partial charge in [-0.25, -0.2) is 9.97 Å². The molecule has 0 aliphatic heterocycles. The van der Waals surface area contributed by atoms with E-state index in [0.717, 1.165) is 88.2 Å². The number of aromatic nitrogens is 3. The third-order valence-electron chi connectivity index (χ3n) is 9.21. The molecule has 0 amide bonds. The maximum atomic E-state index is 6.57. The van der Waals surface area contributed by atoms with Crippen molar-refractivity contribution >= 4 is 60.3 Å². The molecule has 4 heteroatoms. The standard InChI is InChI=1S/C42H25N3O/c1-2-13-26(14-3-1)37-25-35(44-42-43-34-22-9-10-23-36(34)45(37)42)40-30-18-6-4-16-28(30)39(29-17-5-7-19-31(29)40)33-21-12-20-32-27-15-8-11-24-38(27)46-41(32)33/h1-25H. The first-order valence-electron chi connectivity index (χ1n) is 15.5. The molecular formula is C42H25N3O. The highest BCUT2D eigenvalue weighted by molar-refractivity contribution is 6.24. The lowest BCUT2D eigenvalue weighted by atomic mass is 9.86. The van der Waals surface area contributed by atoms with Crippen LogP contribution < -0.4 is 0 Å². The number of furan rings is 1. The maximum absolute atomic E-state index is 6.57. The summed E-state index contributed by atoms with van der Waals surface area (Å²) >= 11 is 0. The lowest BCUT2D eigenvalue weighted by Crippen LogP contribution is -1.99. The summed E-state index contributed by atoms with van der Waals surface area (Å²) in [5.74, 6) is 0.682. The number of hydrogen-bond donors (Lipinski definition) is 0. The van der Waals surface area contributed by atoms with Crippen molar-refractivity contribution in [3.05, 3.63) is 152 Å². The van der Waals surface area contributed by atoms with Gasteiger partial charge in [-0.05, 0) is 51.4 Å². The van der Waals surface area contributed by atoms with Gasteiger partial charge in [0.25, 0.3) is 0 Å². The molecule has 0 N–H and O–H groups in total. The van der Waals surface area contributed by atoms with E-state index >= 15 is 0 Å². The van der Waals surface area contributed by atoms with E-state index in [1.165, 1.54) is 0 Å². The highest BCUT2D eigenvalue weighted by Crippen LogP contribution is 2.46. The van der Waals surface area contributed by atoms with Crippen molar-refractivity contribution in [1.29, 1.82) is 0 Å². The van der Waals surface area contributed by atoms with Crippen LogP contribution in [0, 0.1) is 0 Å². The molecule has 10 rings (SSSR count). The highest BCUT2D eigenvalue weighted by atomic mass is 16.3. The van der Waals surface area contributed by atoms with Gasteiger partial charge in [-0.15, -0.1) is 0 Å². The minimum absolute atomic E-state index is 0.682. The molecule has 0 saturated heterocycles. The number of fused-ring (bicyclic) bond motifs is 8. The minimum Gasteiger partial charge on any atom is -0.455 e. The first kappa shape index (κ1) is 25.1. The van der Waals surface area contributed by atoms with Crippen LogP contribution in [0.15, 0.2) is 156 Å². The van der Waals surface area contributed by atoms with E-state index in [2.05, 4.69) is 138 Å². The fourth-order valence-corrected chi connectivity index (χ4v) is 7.25. The average Bonchev–Trinajstić information content (AvgIpc) is 3.69. The Kier molecular flexibility index (Phi) is 5.25. The van der Waals surface area contributed by atoms with E-state index < -0.39 is 0 Å². The van der Waals surface area contributed by atoms with Gasteiger partial charge in [-0.1, -0.05) is 127 Å². The van der Waals surface area contributed by atoms with Gasteiger partial charge in [-0.2, -0.15) is 0 Å². The molecule has 0 spiro atoms. The molecule has 7 aromatic carbocycles. The second kappa shape index (κ2) is 9.62. The largest absolute Gasteiger partial charge is 0.455 e. The van der Waals surface area contributed by atoms with E-state index in [4.69, 9.17) is 14.4 Å². The van der Waals surface area contributed by atoms with Crippen LogP contribution in [0.1, 0.15) is 0 Å².